The molecular weight excluding hydrogens is 472 g/mol. The van der Waals surface area contributed by atoms with E-state index in [1.807, 2.05) is 48.7 Å². The van der Waals surface area contributed by atoms with E-state index >= 15 is 0 Å². The molecule has 1 aliphatic heterocycles. The van der Waals surface area contributed by atoms with Gasteiger partial charge in [0.15, 0.2) is 6.61 Å². The highest BCUT2D eigenvalue weighted by Crippen LogP contribution is 2.24. The lowest BCUT2D eigenvalue weighted by Crippen LogP contribution is -2.38. The SMILES string of the molecule is Cc1cc(C(=O)COC(=O)C2CCN(c3ncccn3)CC2)c(C)n1-c1cccc(Br)c1. The molecule has 0 radical (unpaired) electrons. The highest BCUT2D eigenvalue weighted by molar-refractivity contribution is 9.10. The number of aryl methyl sites for hydroxylation is 1. The summed E-state index contributed by atoms with van der Waals surface area (Å²) in [5.74, 6) is -0.0391. The van der Waals surface area contributed by atoms with Gasteiger partial charge in [-0.15, -0.1) is 0 Å². The summed E-state index contributed by atoms with van der Waals surface area (Å²) in [5.41, 5.74) is 3.33. The van der Waals surface area contributed by atoms with Crippen molar-refractivity contribution in [3.8, 4) is 5.69 Å². The predicted molar refractivity (Wildman–Crippen MR) is 125 cm³/mol. The number of hydrogen-bond acceptors (Lipinski definition) is 6. The van der Waals surface area contributed by atoms with Crippen LogP contribution in [0.15, 0.2) is 53.3 Å². The second-order valence-electron chi connectivity index (χ2n) is 7.94. The summed E-state index contributed by atoms with van der Waals surface area (Å²) < 4.78 is 8.41. The zero-order valence-corrected chi connectivity index (χ0v) is 19.7. The number of carbonyl (C=O) groups excluding carboxylic acids is 2. The Morgan fingerprint density at radius 1 is 1.09 bits per heavy atom. The van der Waals surface area contributed by atoms with E-state index < -0.39 is 0 Å². The summed E-state index contributed by atoms with van der Waals surface area (Å²) >= 11 is 3.49. The molecule has 0 N–H and O–H groups in total. The van der Waals surface area contributed by atoms with E-state index in [0.717, 1.165) is 21.5 Å². The van der Waals surface area contributed by atoms with Crippen LogP contribution in [0.2, 0.25) is 0 Å². The molecule has 3 heterocycles. The molecule has 1 aromatic carbocycles. The molecule has 0 spiro atoms. The largest absolute Gasteiger partial charge is 0.457 e. The second kappa shape index (κ2) is 9.65. The van der Waals surface area contributed by atoms with Crippen LogP contribution < -0.4 is 4.90 Å². The number of piperidine rings is 1. The summed E-state index contributed by atoms with van der Waals surface area (Å²) in [4.78, 5) is 36.0. The fourth-order valence-electron chi connectivity index (χ4n) is 4.16. The van der Waals surface area contributed by atoms with Crippen LogP contribution in [0.3, 0.4) is 0 Å². The van der Waals surface area contributed by atoms with Gasteiger partial charge in [0.2, 0.25) is 11.7 Å². The van der Waals surface area contributed by atoms with Crippen LogP contribution in [0.4, 0.5) is 5.95 Å². The van der Waals surface area contributed by atoms with Crippen molar-refractivity contribution in [1.82, 2.24) is 14.5 Å². The fraction of sp³-hybridized carbons (Fsp3) is 0.333. The van der Waals surface area contributed by atoms with Gasteiger partial charge in [-0.05, 0) is 57.0 Å². The second-order valence-corrected chi connectivity index (χ2v) is 8.86. The molecule has 0 amide bonds. The van der Waals surface area contributed by atoms with Crippen molar-refractivity contribution in [2.45, 2.75) is 26.7 Å². The van der Waals surface area contributed by atoms with Crippen molar-refractivity contribution in [3.63, 3.8) is 0 Å². The van der Waals surface area contributed by atoms with E-state index in [-0.39, 0.29) is 24.3 Å². The third-order valence-corrected chi connectivity index (χ3v) is 6.30. The third kappa shape index (κ3) is 4.75. The van der Waals surface area contributed by atoms with E-state index in [0.29, 0.717) is 37.4 Å². The summed E-state index contributed by atoms with van der Waals surface area (Å²) in [7, 11) is 0. The Kier molecular flexibility index (Phi) is 6.69. The number of aromatic nitrogens is 3. The van der Waals surface area contributed by atoms with Gasteiger partial charge in [0.05, 0.1) is 5.92 Å². The maximum atomic E-state index is 12.8. The number of hydrogen-bond donors (Lipinski definition) is 0. The third-order valence-electron chi connectivity index (χ3n) is 5.81. The lowest BCUT2D eigenvalue weighted by Gasteiger charge is -2.30. The van der Waals surface area contributed by atoms with E-state index in [1.165, 1.54) is 0 Å². The van der Waals surface area contributed by atoms with E-state index in [2.05, 4.69) is 30.8 Å². The van der Waals surface area contributed by atoms with Crippen molar-refractivity contribution in [2.75, 3.05) is 24.6 Å². The molecule has 4 rings (SSSR count). The van der Waals surface area contributed by atoms with Crippen molar-refractivity contribution >= 4 is 33.6 Å². The molecular formula is C24H25BrN4O3. The Labute approximate surface area is 195 Å². The Morgan fingerprint density at radius 2 is 1.81 bits per heavy atom. The minimum Gasteiger partial charge on any atom is -0.457 e. The van der Waals surface area contributed by atoms with Gasteiger partial charge in [0.1, 0.15) is 0 Å². The number of halogens is 1. The lowest BCUT2D eigenvalue weighted by atomic mass is 9.97. The monoisotopic (exact) mass is 496 g/mol. The standard InChI is InChI=1S/C24H25BrN4O3/c1-16-13-21(17(2)29(16)20-6-3-5-19(25)14-20)22(30)15-32-23(31)18-7-11-28(12-8-18)24-26-9-4-10-27-24/h3-6,9-10,13-14,18H,7-8,11-12,15H2,1-2H3. The number of esters is 1. The molecule has 0 aliphatic carbocycles. The first-order chi connectivity index (χ1) is 15.4. The molecule has 0 saturated carbocycles. The molecule has 7 nitrogen and oxygen atoms in total. The first-order valence-corrected chi connectivity index (χ1v) is 11.4. The molecule has 0 bridgehead atoms. The summed E-state index contributed by atoms with van der Waals surface area (Å²) in [5, 5.41) is 0. The van der Waals surface area contributed by atoms with E-state index in [1.54, 1.807) is 18.5 Å². The molecule has 166 valence electrons. The topological polar surface area (TPSA) is 77.3 Å². The molecule has 3 aromatic rings. The van der Waals surface area contributed by atoms with Gasteiger partial charge in [-0.25, -0.2) is 9.97 Å². The number of benzene rings is 1. The van der Waals surface area contributed by atoms with Crippen molar-refractivity contribution in [2.24, 2.45) is 5.92 Å². The van der Waals surface area contributed by atoms with E-state index in [4.69, 9.17) is 4.74 Å². The quantitative estimate of drug-likeness (QED) is 0.374. The van der Waals surface area contributed by atoms with Crippen LogP contribution in [0.25, 0.3) is 5.69 Å². The van der Waals surface area contributed by atoms with E-state index in [9.17, 15) is 9.59 Å². The fourth-order valence-corrected chi connectivity index (χ4v) is 4.55. The highest BCUT2D eigenvalue weighted by Gasteiger charge is 2.28. The molecule has 1 fully saturated rings. The Hall–Kier alpha value is -3.00. The molecule has 8 heteroatoms. The van der Waals surface area contributed by atoms with Crippen LogP contribution in [0.1, 0.15) is 34.6 Å². The molecule has 0 atom stereocenters. The zero-order valence-electron chi connectivity index (χ0n) is 18.1. The predicted octanol–water partition coefficient (Wildman–Crippen LogP) is 4.29. The van der Waals surface area contributed by atoms with Crippen molar-refractivity contribution < 1.29 is 14.3 Å². The highest BCUT2D eigenvalue weighted by atomic mass is 79.9. The Bertz CT molecular complexity index is 1120. The number of rotatable bonds is 6. The number of Topliss-reactive ketones (excluding diaryl/α,β-unsaturated/α-hetero) is 1. The summed E-state index contributed by atoms with van der Waals surface area (Å²) in [6.07, 6.45) is 4.73. The molecule has 32 heavy (non-hydrogen) atoms. The van der Waals surface area contributed by atoms with Gasteiger partial charge in [-0.1, -0.05) is 22.0 Å². The normalized spacial score (nSPS) is 14.4. The zero-order chi connectivity index (χ0) is 22.7. The Morgan fingerprint density at radius 3 is 2.50 bits per heavy atom. The number of ether oxygens (including phenoxy) is 1. The summed E-state index contributed by atoms with van der Waals surface area (Å²) in [6, 6.07) is 11.5. The Balaban J connectivity index is 1.35. The van der Waals surface area contributed by atoms with Gasteiger partial charge in [0, 0.05) is 52.6 Å². The number of ketones is 1. The van der Waals surface area contributed by atoms with Crippen LogP contribution in [0, 0.1) is 19.8 Å². The van der Waals surface area contributed by atoms with Crippen LogP contribution in [-0.4, -0.2) is 46.0 Å². The van der Waals surface area contributed by atoms with Gasteiger partial charge in [-0.3, -0.25) is 9.59 Å². The maximum Gasteiger partial charge on any atom is 0.309 e. The summed E-state index contributed by atoms with van der Waals surface area (Å²) in [6.45, 7) is 4.99. The van der Waals surface area contributed by atoms with Gasteiger partial charge < -0.3 is 14.2 Å². The number of carbonyl (C=O) groups is 2. The lowest BCUT2D eigenvalue weighted by molar-refractivity contribution is -0.148. The number of nitrogens with zero attached hydrogens (tertiary/aromatic N) is 4. The first kappa shape index (κ1) is 22.2. The molecule has 1 aliphatic rings. The molecule has 0 unspecified atom stereocenters. The van der Waals surface area contributed by atoms with Gasteiger partial charge in [0.25, 0.3) is 0 Å². The smallest absolute Gasteiger partial charge is 0.309 e. The van der Waals surface area contributed by atoms with Crippen LogP contribution in [0.5, 0.6) is 0 Å². The number of anilines is 1. The molecule has 1 saturated heterocycles. The average molecular weight is 497 g/mol. The van der Waals surface area contributed by atoms with Crippen LogP contribution >= 0.6 is 15.9 Å². The van der Waals surface area contributed by atoms with Crippen LogP contribution in [-0.2, 0) is 9.53 Å². The molecule has 2 aromatic heterocycles. The average Bonchev–Trinajstić information content (AvgIpc) is 3.11. The first-order valence-electron chi connectivity index (χ1n) is 10.6. The van der Waals surface area contributed by atoms with Crippen molar-refractivity contribution in [3.05, 3.63) is 70.2 Å². The maximum absolute atomic E-state index is 12.8. The van der Waals surface area contributed by atoms with Crippen molar-refractivity contribution in [1.29, 1.82) is 0 Å². The minimum atomic E-state index is -0.312. The minimum absolute atomic E-state index is 0.192. The van der Waals surface area contributed by atoms with Gasteiger partial charge in [-0.2, -0.15) is 0 Å². The van der Waals surface area contributed by atoms with Gasteiger partial charge >= 0.3 is 5.97 Å².